The number of carbonyl (C=O) groups is 1. The van der Waals surface area contributed by atoms with Crippen molar-refractivity contribution in [1.29, 1.82) is 0 Å². The number of hydrogen-bond acceptors (Lipinski definition) is 8. The van der Waals surface area contributed by atoms with Gasteiger partial charge in [-0.05, 0) is 65.9 Å². The van der Waals surface area contributed by atoms with E-state index in [4.69, 9.17) is 10.7 Å². The predicted octanol–water partition coefficient (Wildman–Crippen LogP) is 3.23. The van der Waals surface area contributed by atoms with Crippen molar-refractivity contribution in [2.45, 2.75) is 50.3 Å². The van der Waals surface area contributed by atoms with Crippen LogP contribution in [0.15, 0.2) is 47.2 Å². The number of piperidine rings is 1. The summed E-state index contributed by atoms with van der Waals surface area (Å²) in [5.41, 5.74) is 11.5. The van der Waals surface area contributed by atoms with E-state index in [1.807, 2.05) is 17.0 Å². The van der Waals surface area contributed by atoms with Crippen LogP contribution in [0.25, 0.3) is 28.0 Å². The lowest BCUT2D eigenvalue weighted by molar-refractivity contribution is -0.138. The molecule has 2 fully saturated rings. The number of nitrogens with zero attached hydrogens (tertiary/aromatic N) is 5. The molecule has 0 radical (unpaired) electrons. The van der Waals surface area contributed by atoms with Crippen LogP contribution in [-0.4, -0.2) is 64.4 Å². The number of anilines is 1. The molecular weight excluding hydrogens is 552 g/mol. The summed E-state index contributed by atoms with van der Waals surface area (Å²) in [7, 11) is 0. The lowest BCUT2D eigenvalue weighted by atomic mass is 9.87. The Kier molecular flexibility index (Phi) is 6.29. The maximum atomic E-state index is 12.3. The van der Waals surface area contributed by atoms with Crippen molar-refractivity contribution in [3.8, 4) is 28.1 Å². The van der Waals surface area contributed by atoms with Gasteiger partial charge in [-0.1, -0.05) is 6.07 Å². The average molecular weight is 579 g/mol. The first-order valence-electron chi connectivity index (χ1n) is 12.5. The highest BCUT2D eigenvalue weighted by molar-refractivity contribution is 9.10. The smallest absolute Gasteiger partial charge is 0.248 e. The van der Waals surface area contributed by atoms with Gasteiger partial charge in [-0.3, -0.25) is 9.78 Å². The molecule has 2 saturated heterocycles. The number of pyridine rings is 1. The van der Waals surface area contributed by atoms with E-state index < -0.39 is 6.61 Å². The molecule has 6 rings (SSSR count). The summed E-state index contributed by atoms with van der Waals surface area (Å²) in [5.74, 6) is 0.424. The van der Waals surface area contributed by atoms with E-state index >= 15 is 0 Å². The number of nitrogen functional groups attached to an aromatic ring is 1. The molecule has 2 aliphatic heterocycles. The molecule has 5 heterocycles. The Morgan fingerprint density at radius 1 is 1.08 bits per heavy atom. The summed E-state index contributed by atoms with van der Waals surface area (Å²) in [6, 6.07) is 9.01. The zero-order valence-electron chi connectivity index (χ0n) is 20.5. The largest absolute Gasteiger partial charge is 0.508 e. The van der Waals surface area contributed by atoms with Gasteiger partial charge in [0.15, 0.2) is 5.65 Å². The van der Waals surface area contributed by atoms with Gasteiger partial charge in [-0.2, -0.15) is 9.61 Å². The van der Waals surface area contributed by atoms with Crippen LogP contribution < -0.4 is 5.73 Å². The highest BCUT2D eigenvalue weighted by atomic mass is 79.9. The van der Waals surface area contributed by atoms with Crippen LogP contribution in [0.3, 0.4) is 0 Å². The van der Waals surface area contributed by atoms with Gasteiger partial charge in [0.25, 0.3) is 0 Å². The molecule has 2 unspecified atom stereocenters. The molecule has 0 saturated carbocycles. The molecule has 2 bridgehead atoms. The molecule has 10 nitrogen and oxygen atoms in total. The number of aliphatic hydroxyl groups excluding tert-OH is 2. The molecule has 0 spiro atoms. The Bertz CT molecular complexity index is 1530. The number of benzene rings is 1. The molecule has 2 atom stereocenters. The molecule has 1 aromatic carbocycles. The SMILES string of the molecule is Nc1c(Br)c(C2CC3CCC(C2)N3C(=O)CO)nc2c(-c3ccc(-c4ccc(O)c(CO)c4)nc3)cnn12. The van der Waals surface area contributed by atoms with Gasteiger partial charge in [0.2, 0.25) is 5.91 Å². The van der Waals surface area contributed by atoms with Crippen molar-refractivity contribution < 1.29 is 20.1 Å². The average Bonchev–Trinajstić information content (AvgIpc) is 3.48. The number of amides is 1. The quantitative estimate of drug-likeness (QED) is 0.282. The highest BCUT2D eigenvalue weighted by Crippen LogP contribution is 2.45. The second-order valence-corrected chi connectivity index (χ2v) is 10.7. The number of carbonyl (C=O) groups excluding carboxylic acids is 1. The molecule has 1 amide bonds. The Labute approximate surface area is 226 Å². The van der Waals surface area contributed by atoms with E-state index in [9.17, 15) is 20.1 Å². The number of nitrogens with two attached hydrogens (primary N) is 1. The monoisotopic (exact) mass is 578 g/mol. The molecule has 11 heteroatoms. The van der Waals surface area contributed by atoms with E-state index in [1.54, 1.807) is 35.1 Å². The van der Waals surface area contributed by atoms with Crippen molar-refractivity contribution >= 4 is 33.3 Å². The molecule has 0 aliphatic carbocycles. The third-order valence-electron chi connectivity index (χ3n) is 7.81. The number of phenols is 1. The molecule has 5 N–H and O–H groups in total. The van der Waals surface area contributed by atoms with Gasteiger partial charge in [0, 0.05) is 46.5 Å². The minimum absolute atomic E-state index is 0.0449. The first-order chi connectivity index (χ1) is 18.4. The summed E-state index contributed by atoms with van der Waals surface area (Å²) < 4.78 is 2.33. The Morgan fingerprint density at radius 3 is 2.47 bits per heavy atom. The van der Waals surface area contributed by atoms with Crippen LogP contribution in [0.5, 0.6) is 5.75 Å². The van der Waals surface area contributed by atoms with Crippen LogP contribution in [0, 0.1) is 0 Å². The minimum atomic E-state index is -0.458. The third kappa shape index (κ3) is 4.01. The van der Waals surface area contributed by atoms with Crippen LogP contribution in [0.2, 0.25) is 0 Å². The van der Waals surface area contributed by atoms with Crippen LogP contribution in [0.1, 0.15) is 42.9 Å². The van der Waals surface area contributed by atoms with E-state index in [1.165, 1.54) is 0 Å². The maximum absolute atomic E-state index is 12.3. The number of aromatic nitrogens is 4. The van der Waals surface area contributed by atoms with Crippen LogP contribution in [-0.2, 0) is 11.4 Å². The first kappa shape index (κ1) is 24.8. The fraction of sp³-hybridized carbons (Fsp3) is 0.333. The standard InChI is InChI=1S/C27H27BrN6O4/c28-24-25(16-8-18-3-4-19(9-16)33(18)23(38)13-36)32-27-20(11-31-34(27)26(24)29)15-1-5-21(30-10-15)14-2-6-22(37)17(7-14)12-35/h1-2,5-7,10-11,16,18-19,35-37H,3-4,8-9,12-13,29H2. The normalized spacial score (nSPS) is 20.8. The molecular formula is C27H27BrN6O4. The van der Waals surface area contributed by atoms with Crippen molar-refractivity contribution in [3.63, 3.8) is 0 Å². The van der Waals surface area contributed by atoms with Crippen molar-refractivity contribution in [3.05, 3.63) is 58.5 Å². The Hall–Kier alpha value is -3.54. The fourth-order valence-electron chi connectivity index (χ4n) is 5.97. The summed E-state index contributed by atoms with van der Waals surface area (Å²) >= 11 is 3.66. The number of hydrogen-bond donors (Lipinski definition) is 4. The fourth-order valence-corrected chi connectivity index (χ4v) is 6.55. The van der Waals surface area contributed by atoms with Gasteiger partial charge in [-0.25, -0.2) is 4.98 Å². The van der Waals surface area contributed by atoms with Crippen molar-refractivity contribution in [2.24, 2.45) is 0 Å². The molecule has 196 valence electrons. The van der Waals surface area contributed by atoms with Gasteiger partial charge in [0.05, 0.1) is 28.7 Å². The van der Waals surface area contributed by atoms with Gasteiger partial charge >= 0.3 is 0 Å². The number of aliphatic hydroxyl groups is 2. The van der Waals surface area contributed by atoms with E-state index in [0.717, 1.165) is 48.1 Å². The topological polar surface area (TPSA) is 150 Å². The second kappa shape index (κ2) is 9.64. The lowest BCUT2D eigenvalue weighted by Gasteiger charge is -2.38. The van der Waals surface area contributed by atoms with Gasteiger partial charge in [-0.15, -0.1) is 0 Å². The third-order valence-corrected chi connectivity index (χ3v) is 8.62. The zero-order valence-corrected chi connectivity index (χ0v) is 22.0. The van der Waals surface area contributed by atoms with E-state index in [-0.39, 0.29) is 36.3 Å². The van der Waals surface area contributed by atoms with Gasteiger partial charge in [0.1, 0.15) is 18.2 Å². The van der Waals surface area contributed by atoms with Crippen molar-refractivity contribution in [2.75, 3.05) is 12.3 Å². The molecule has 4 aromatic rings. The molecule has 2 aliphatic rings. The van der Waals surface area contributed by atoms with Crippen LogP contribution >= 0.6 is 15.9 Å². The number of halogens is 1. The van der Waals surface area contributed by atoms with Crippen molar-refractivity contribution in [1.82, 2.24) is 24.5 Å². The van der Waals surface area contributed by atoms with E-state index in [2.05, 4.69) is 26.0 Å². The summed E-state index contributed by atoms with van der Waals surface area (Å²) in [6.07, 6.45) is 6.87. The predicted molar refractivity (Wildman–Crippen MR) is 144 cm³/mol. The summed E-state index contributed by atoms with van der Waals surface area (Å²) in [6.45, 7) is -0.719. The number of aromatic hydroxyl groups is 1. The second-order valence-electron chi connectivity index (χ2n) is 9.94. The van der Waals surface area contributed by atoms with Gasteiger partial charge < -0.3 is 26.0 Å². The Morgan fingerprint density at radius 2 is 1.82 bits per heavy atom. The maximum Gasteiger partial charge on any atom is 0.248 e. The number of fused-ring (bicyclic) bond motifs is 3. The molecule has 3 aromatic heterocycles. The molecule has 38 heavy (non-hydrogen) atoms. The highest BCUT2D eigenvalue weighted by Gasteiger charge is 2.44. The summed E-state index contributed by atoms with van der Waals surface area (Å²) in [4.78, 5) is 23.8. The van der Waals surface area contributed by atoms with Crippen LogP contribution in [0.4, 0.5) is 5.82 Å². The van der Waals surface area contributed by atoms with E-state index in [0.29, 0.717) is 27.2 Å². The summed E-state index contributed by atoms with van der Waals surface area (Å²) in [5, 5.41) is 33.2. The number of rotatable bonds is 5. The lowest BCUT2D eigenvalue weighted by Crippen LogP contribution is -2.47. The first-order valence-corrected chi connectivity index (χ1v) is 13.3. The zero-order chi connectivity index (χ0) is 26.6. The Balaban J connectivity index is 1.34. The minimum Gasteiger partial charge on any atom is -0.508 e.